The fourth-order valence-electron chi connectivity index (χ4n) is 3.29. The van der Waals surface area contributed by atoms with E-state index in [4.69, 9.17) is 4.74 Å². The van der Waals surface area contributed by atoms with E-state index < -0.39 is 5.60 Å². The van der Waals surface area contributed by atoms with Crippen LogP contribution in [-0.4, -0.2) is 50.9 Å². The number of halogens is 1. The number of aryl methyl sites for hydroxylation is 1. The molecule has 1 aromatic carbocycles. The highest BCUT2D eigenvalue weighted by Crippen LogP contribution is 2.28. The minimum absolute atomic E-state index is 0.0396. The molecule has 2 aromatic rings. The van der Waals surface area contributed by atoms with Gasteiger partial charge in [-0.25, -0.2) is 14.2 Å². The van der Waals surface area contributed by atoms with Crippen molar-refractivity contribution >= 4 is 11.9 Å². The maximum Gasteiger partial charge on any atom is 0.410 e. The van der Waals surface area contributed by atoms with Crippen LogP contribution in [0.5, 0.6) is 0 Å². The summed E-state index contributed by atoms with van der Waals surface area (Å²) in [5.41, 5.74) is 1.10. The first-order chi connectivity index (χ1) is 13.6. The van der Waals surface area contributed by atoms with Crippen LogP contribution in [-0.2, 0) is 4.74 Å². The molecule has 8 heteroatoms. The maximum absolute atomic E-state index is 13.3. The van der Waals surface area contributed by atoms with Gasteiger partial charge in [0.15, 0.2) is 5.82 Å². The van der Waals surface area contributed by atoms with Gasteiger partial charge in [-0.1, -0.05) is 19.1 Å². The first-order valence-electron chi connectivity index (χ1n) is 9.83. The Kier molecular flexibility index (Phi) is 6.00. The largest absolute Gasteiger partial charge is 0.444 e. The van der Waals surface area contributed by atoms with E-state index in [1.165, 1.54) is 12.1 Å². The van der Waals surface area contributed by atoms with Gasteiger partial charge in [-0.2, -0.15) is 0 Å². The SMILES string of the molecule is Cc1nnc([C@@H](C)c2ccc(F)cc2)c(N[C@@H]2CCN(C(=O)OC(C)(C)C)C2)n1. The van der Waals surface area contributed by atoms with Crippen LogP contribution in [0.3, 0.4) is 0 Å². The number of amides is 1. The minimum atomic E-state index is -0.520. The Morgan fingerprint density at radius 2 is 1.97 bits per heavy atom. The van der Waals surface area contributed by atoms with Gasteiger partial charge in [0.05, 0.1) is 0 Å². The summed E-state index contributed by atoms with van der Waals surface area (Å²) < 4.78 is 18.7. The van der Waals surface area contributed by atoms with Gasteiger partial charge in [-0.05, 0) is 51.8 Å². The van der Waals surface area contributed by atoms with E-state index in [0.29, 0.717) is 30.4 Å². The van der Waals surface area contributed by atoms with Crippen molar-refractivity contribution in [2.45, 2.75) is 58.6 Å². The number of anilines is 1. The lowest BCUT2D eigenvalue weighted by Gasteiger charge is -2.24. The summed E-state index contributed by atoms with van der Waals surface area (Å²) in [7, 11) is 0. The molecule has 1 amide bonds. The standard InChI is InChI=1S/C21H28FN5O2/c1-13(15-6-8-16(22)9-7-15)18-19(23-14(2)25-26-18)24-17-10-11-27(12-17)20(28)29-21(3,4)5/h6-9,13,17H,10-12H2,1-5H3,(H,23,24,25)/t13-,17+/m0/s1. The second kappa shape index (κ2) is 8.31. The van der Waals surface area contributed by atoms with Crippen LogP contribution in [0, 0.1) is 12.7 Å². The molecule has 1 aliphatic rings. The molecule has 156 valence electrons. The lowest BCUT2D eigenvalue weighted by atomic mass is 9.97. The zero-order valence-electron chi connectivity index (χ0n) is 17.6. The first-order valence-corrected chi connectivity index (χ1v) is 9.83. The number of carbonyl (C=O) groups excluding carboxylic acids is 1. The highest BCUT2D eigenvalue weighted by molar-refractivity contribution is 5.68. The van der Waals surface area contributed by atoms with E-state index in [2.05, 4.69) is 20.5 Å². The highest BCUT2D eigenvalue weighted by Gasteiger charge is 2.31. The molecule has 3 rings (SSSR count). The van der Waals surface area contributed by atoms with Crippen molar-refractivity contribution in [3.05, 3.63) is 47.2 Å². The number of aromatic nitrogens is 3. The van der Waals surface area contributed by atoms with Crippen LogP contribution in [0.25, 0.3) is 0 Å². The quantitative estimate of drug-likeness (QED) is 0.837. The van der Waals surface area contributed by atoms with Gasteiger partial charge in [-0.3, -0.25) is 0 Å². The van der Waals surface area contributed by atoms with Crippen LogP contribution in [0.2, 0.25) is 0 Å². The van der Waals surface area contributed by atoms with E-state index in [1.54, 1.807) is 24.0 Å². The van der Waals surface area contributed by atoms with Crippen molar-refractivity contribution in [3.8, 4) is 0 Å². The number of likely N-dealkylation sites (tertiary alicyclic amines) is 1. The second-order valence-corrected chi connectivity index (χ2v) is 8.42. The Hall–Kier alpha value is -2.77. The number of benzene rings is 1. The summed E-state index contributed by atoms with van der Waals surface area (Å²) in [6.45, 7) is 10.5. The smallest absolute Gasteiger partial charge is 0.410 e. The number of hydrogen-bond acceptors (Lipinski definition) is 6. The third-order valence-corrected chi connectivity index (χ3v) is 4.78. The van der Waals surface area contributed by atoms with Gasteiger partial charge in [0.1, 0.15) is 22.9 Å². The maximum atomic E-state index is 13.3. The predicted molar refractivity (Wildman–Crippen MR) is 108 cm³/mol. The van der Waals surface area contributed by atoms with Gasteiger partial charge < -0.3 is 15.0 Å². The molecule has 1 aromatic heterocycles. The van der Waals surface area contributed by atoms with E-state index in [9.17, 15) is 9.18 Å². The second-order valence-electron chi connectivity index (χ2n) is 8.42. The van der Waals surface area contributed by atoms with Crippen LogP contribution in [0.1, 0.15) is 57.1 Å². The fourth-order valence-corrected chi connectivity index (χ4v) is 3.29. The van der Waals surface area contributed by atoms with Gasteiger partial charge in [0.2, 0.25) is 0 Å². The Balaban J connectivity index is 1.74. The summed E-state index contributed by atoms with van der Waals surface area (Å²) in [5.74, 6) is 0.817. The topological polar surface area (TPSA) is 80.2 Å². The van der Waals surface area contributed by atoms with Crippen LogP contribution in [0.15, 0.2) is 24.3 Å². The lowest BCUT2D eigenvalue weighted by molar-refractivity contribution is 0.0293. The fraction of sp³-hybridized carbons (Fsp3) is 0.524. The molecular formula is C21H28FN5O2. The zero-order valence-corrected chi connectivity index (χ0v) is 17.6. The molecule has 0 saturated carbocycles. The average molecular weight is 401 g/mol. The zero-order chi connectivity index (χ0) is 21.2. The van der Waals surface area contributed by atoms with E-state index in [-0.39, 0.29) is 23.9 Å². The van der Waals surface area contributed by atoms with Gasteiger partial charge in [-0.15, -0.1) is 10.2 Å². The van der Waals surface area contributed by atoms with Crippen molar-refractivity contribution in [2.24, 2.45) is 0 Å². The van der Waals surface area contributed by atoms with E-state index >= 15 is 0 Å². The molecule has 29 heavy (non-hydrogen) atoms. The molecule has 2 atom stereocenters. The van der Waals surface area contributed by atoms with Crippen molar-refractivity contribution in [1.82, 2.24) is 20.1 Å². The first kappa shape index (κ1) is 21.0. The molecule has 0 aliphatic carbocycles. The highest BCUT2D eigenvalue weighted by atomic mass is 19.1. The molecule has 7 nitrogen and oxygen atoms in total. The summed E-state index contributed by atoms with van der Waals surface area (Å²) in [6, 6.07) is 6.39. The number of ether oxygens (including phenoxy) is 1. The van der Waals surface area contributed by atoms with Crippen LogP contribution < -0.4 is 5.32 Å². The van der Waals surface area contributed by atoms with Crippen molar-refractivity contribution in [2.75, 3.05) is 18.4 Å². The number of nitrogens with one attached hydrogen (secondary N) is 1. The van der Waals surface area contributed by atoms with Crippen molar-refractivity contribution < 1.29 is 13.9 Å². The Morgan fingerprint density at radius 3 is 2.62 bits per heavy atom. The summed E-state index contributed by atoms with van der Waals surface area (Å²) in [5, 5.41) is 11.9. The number of hydrogen-bond donors (Lipinski definition) is 1. The number of rotatable bonds is 4. The van der Waals surface area contributed by atoms with Gasteiger partial charge in [0, 0.05) is 25.0 Å². The molecule has 0 spiro atoms. The lowest BCUT2D eigenvalue weighted by Crippen LogP contribution is -2.36. The third-order valence-electron chi connectivity index (χ3n) is 4.78. The van der Waals surface area contributed by atoms with Crippen LogP contribution >= 0.6 is 0 Å². The average Bonchev–Trinajstić information content (AvgIpc) is 3.09. The third kappa shape index (κ3) is 5.40. The Bertz CT molecular complexity index is 866. The normalized spacial score (nSPS) is 17.9. The molecular weight excluding hydrogens is 373 g/mol. The molecule has 1 saturated heterocycles. The predicted octanol–water partition coefficient (Wildman–Crippen LogP) is 3.89. The van der Waals surface area contributed by atoms with Crippen LogP contribution in [0.4, 0.5) is 15.0 Å². The molecule has 1 N–H and O–H groups in total. The molecule has 1 fully saturated rings. The summed E-state index contributed by atoms with van der Waals surface area (Å²) in [4.78, 5) is 18.5. The number of carbonyl (C=O) groups is 1. The summed E-state index contributed by atoms with van der Waals surface area (Å²) in [6.07, 6.45) is 0.478. The van der Waals surface area contributed by atoms with Gasteiger partial charge in [0.25, 0.3) is 0 Å². The Labute approximate surface area is 170 Å². The molecule has 0 radical (unpaired) electrons. The van der Waals surface area contributed by atoms with Crippen molar-refractivity contribution in [1.29, 1.82) is 0 Å². The molecule has 2 heterocycles. The molecule has 1 aliphatic heterocycles. The van der Waals surface area contributed by atoms with Gasteiger partial charge >= 0.3 is 6.09 Å². The monoisotopic (exact) mass is 401 g/mol. The molecule has 0 unspecified atom stereocenters. The number of nitrogens with zero attached hydrogens (tertiary/aromatic N) is 4. The Morgan fingerprint density at radius 1 is 1.28 bits per heavy atom. The van der Waals surface area contributed by atoms with E-state index in [0.717, 1.165) is 12.0 Å². The van der Waals surface area contributed by atoms with E-state index in [1.807, 2.05) is 27.7 Å². The minimum Gasteiger partial charge on any atom is -0.444 e. The summed E-state index contributed by atoms with van der Waals surface area (Å²) >= 11 is 0. The molecule has 0 bridgehead atoms. The van der Waals surface area contributed by atoms with Crippen molar-refractivity contribution in [3.63, 3.8) is 0 Å².